The van der Waals surface area contributed by atoms with Gasteiger partial charge in [-0.25, -0.2) is 4.98 Å². The lowest BCUT2D eigenvalue weighted by Gasteiger charge is -2.32. The molecule has 2 saturated heterocycles. The Kier molecular flexibility index (Phi) is 4.58. The zero-order valence-corrected chi connectivity index (χ0v) is 17.6. The first kappa shape index (κ1) is 19.3. The maximum atomic E-state index is 13.4. The van der Waals surface area contributed by atoms with Crippen molar-refractivity contribution >= 4 is 28.7 Å². The molecule has 0 bridgehead atoms. The van der Waals surface area contributed by atoms with E-state index in [0.717, 1.165) is 62.6 Å². The van der Waals surface area contributed by atoms with Gasteiger partial charge in [0.15, 0.2) is 5.58 Å². The Hall–Kier alpha value is -3.43. The molecule has 0 radical (unpaired) electrons. The number of aromatic nitrogens is 3. The molecule has 9 nitrogen and oxygen atoms in total. The molecule has 1 amide bonds. The smallest absolute Gasteiger partial charge is 0.292 e. The predicted molar refractivity (Wildman–Crippen MR) is 119 cm³/mol. The lowest BCUT2D eigenvalue weighted by atomic mass is 10.1. The molecule has 1 atom stereocenters. The molecule has 2 aliphatic rings. The van der Waals surface area contributed by atoms with Gasteiger partial charge in [0.25, 0.3) is 11.9 Å². The van der Waals surface area contributed by atoms with Crippen LogP contribution in [0.1, 0.15) is 16.9 Å². The van der Waals surface area contributed by atoms with Gasteiger partial charge >= 0.3 is 0 Å². The van der Waals surface area contributed by atoms with E-state index >= 15 is 0 Å². The number of carbonyl (C=O) groups is 1. The molecule has 164 valence electrons. The standard InChI is InChI=1S/C23H24N6O3/c24-23-26-18-11-15(1-3-20(18)32-23)16-2-4-21-25-12-19(29(21)13-16)22(30)28-6-5-17(14-28)27-7-9-31-10-8-27/h1-4,11-13,17H,5-10,14H2,(H2,24,26). The second kappa shape index (κ2) is 7.61. The van der Waals surface area contributed by atoms with Gasteiger partial charge in [0, 0.05) is 38.4 Å². The number of carbonyl (C=O) groups excluding carboxylic acids is 1. The Labute approximate surface area is 184 Å². The summed E-state index contributed by atoms with van der Waals surface area (Å²) in [7, 11) is 0. The van der Waals surface area contributed by atoms with E-state index in [4.69, 9.17) is 14.9 Å². The number of pyridine rings is 1. The molecule has 2 fully saturated rings. The molecule has 2 aliphatic heterocycles. The van der Waals surface area contributed by atoms with Crippen molar-refractivity contribution in [2.24, 2.45) is 0 Å². The molecular weight excluding hydrogens is 408 g/mol. The van der Waals surface area contributed by atoms with Crippen molar-refractivity contribution in [3.05, 3.63) is 48.4 Å². The van der Waals surface area contributed by atoms with Crippen molar-refractivity contribution in [1.29, 1.82) is 0 Å². The SMILES string of the molecule is Nc1nc2cc(-c3ccc4ncc(C(=O)N5CCC(N6CCOCC6)C5)n4c3)ccc2o1. The van der Waals surface area contributed by atoms with Crippen LogP contribution in [-0.4, -0.2) is 75.5 Å². The summed E-state index contributed by atoms with van der Waals surface area (Å²) < 4.78 is 12.7. The third-order valence-corrected chi connectivity index (χ3v) is 6.47. The number of ether oxygens (including phenoxy) is 1. The number of nitrogen functional groups attached to an aromatic ring is 1. The fourth-order valence-corrected chi connectivity index (χ4v) is 4.76. The fraction of sp³-hybridized carbons (Fsp3) is 0.348. The van der Waals surface area contributed by atoms with E-state index in [9.17, 15) is 4.79 Å². The van der Waals surface area contributed by atoms with Crippen LogP contribution < -0.4 is 5.73 Å². The summed E-state index contributed by atoms with van der Waals surface area (Å²) in [6, 6.07) is 10.2. The van der Waals surface area contributed by atoms with E-state index in [1.165, 1.54) is 0 Å². The summed E-state index contributed by atoms with van der Waals surface area (Å²) in [4.78, 5) is 26.4. The molecular formula is C23H24N6O3. The van der Waals surface area contributed by atoms with E-state index in [0.29, 0.717) is 22.8 Å². The molecule has 0 spiro atoms. The second-order valence-corrected chi connectivity index (χ2v) is 8.37. The number of hydrogen-bond acceptors (Lipinski definition) is 7. The van der Waals surface area contributed by atoms with Gasteiger partial charge in [-0.2, -0.15) is 4.98 Å². The number of likely N-dealkylation sites (tertiary alicyclic amines) is 1. The number of morpholine rings is 1. The van der Waals surface area contributed by atoms with Gasteiger partial charge in [-0.05, 0) is 41.8 Å². The minimum absolute atomic E-state index is 0.0186. The minimum Gasteiger partial charge on any atom is -0.424 e. The third-order valence-electron chi connectivity index (χ3n) is 6.47. The monoisotopic (exact) mass is 432 g/mol. The highest BCUT2D eigenvalue weighted by molar-refractivity contribution is 5.94. The molecule has 0 aliphatic carbocycles. The molecule has 4 aromatic rings. The maximum Gasteiger partial charge on any atom is 0.292 e. The number of amides is 1. The summed E-state index contributed by atoms with van der Waals surface area (Å²) in [6.07, 6.45) is 4.62. The van der Waals surface area contributed by atoms with Crippen molar-refractivity contribution in [1.82, 2.24) is 24.2 Å². The number of nitrogens with zero attached hydrogens (tertiary/aromatic N) is 5. The van der Waals surface area contributed by atoms with Crippen molar-refractivity contribution in [2.75, 3.05) is 45.1 Å². The van der Waals surface area contributed by atoms with E-state index in [1.54, 1.807) is 6.20 Å². The number of anilines is 1. The number of benzene rings is 1. The van der Waals surface area contributed by atoms with Gasteiger partial charge in [-0.15, -0.1) is 0 Å². The van der Waals surface area contributed by atoms with Gasteiger partial charge in [-0.1, -0.05) is 6.07 Å². The first-order valence-electron chi connectivity index (χ1n) is 10.9. The van der Waals surface area contributed by atoms with Crippen molar-refractivity contribution in [2.45, 2.75) is 12.5 Å². The molecule has 6 rings (SSSR count). The van der Waals surface area contributed by atoms with Gasteiger partial charge < -0.3 is 19.8 Å². The Balaban J connectivity index is 1.28. The minimum atomic E-state index is 0.0186. The average molecular weight is 432 g/mol. The highest BCUT2D eigenvalue weighted by Crippen LogP contribution is 2.27. The number of fused-ring (bicyclic) bond motifs is 2. The lowest BCUT2D eigenvalue weighted by molar-refractivity contribution is 0.0185. The normalized spacial score (nSPS) is 19.9. The van der Waals surface area contributed by atoms with Crippen LogP contribution in [0.25, 0.3) is 27.9 Å². The van der Waals surface area contributed by atoms with Gasteiger partial charge in [0.1, 0.15) is 16.9 Å². The number of rotatable bonds is 3. The van der Waals surface area contributed by atoms with Gasteiger partial charge in [-0.3, -0.25) is 14.1 Å². The first-order chi connectivity index (χ1) is 15.7. The average Bonchev–Trinajstić information content (AvgIpc) is 3.55. The van der Waals surface area contributed by atoms with Gasteiger partial charge in [0.2, 0.25) is 0 Å². The Bertz CT molecular complexity index is 1310. The van der Waals surface area contributed by atoms with Gasteiger partial charge in [0.05, 0.1) is 19.4 Å². The first-order valence-corrected chi connectivity index (χ1v) is 10.9. The highest BCUT2D eigenvalue weighted by atomic mass is 16.5. The number of imidazole rings is 1. The molecule has 9 heteroatoms. The molecule has 1 aromatic carbocycles. The highest BCUT2D eigenvalue weighted by Gasteiger charge is 2.32. The molecule has 1 unspecified atom stereocenters. The summed E-state index contributed by atoms with van der Waals surface area (Å²) in [5.74, 6) is 0.0186. The summed E-state index contributed by atoms with van der Waals surface area (Å²) in [6.45, 7) is 4.93. The van der Waals surface area contributed by atoms with Crippen LogP contribution in [0, 0.1) is 0 Å². The van der Waals surface area contributed by atoms with Crippen LogP contribution >= 0.6 is 0 Å². The van der Waals surface area contributed by atoms with Crippen molar-refractivity contribution in [3.63, 3.8) is 0 Å². The van der Waals surface area contributed by atoms with Crippen LogP contribution in [0.2, 0.25) is 0 Å². The lowest BCUT2D eigenvalue weighted by Crippen LogP contribution is -2.45. The quantitative estimate of drug-likeness (QED) is 0.530. The van der Waals surface area contributed by atoms with Crippen LogP contribution in [0.4, 0.5) is 6.01 Å². The zero-order valence-electron chi connectivity index (χ0n) is 17.6. The number of nitrogens with two attached hydrogens (primary N) is 1. The molecule has 5 heterocycles. The Morgan fingerprint density at radius 2 is 1.94 bits per heavy atom. The summed E-state index contributed by atoms with van der Waals surface area (Å²) in [5, 5.41) is 0. The van der Waals surface area contributed by atoms with Crippen molar-refractivity contribution < 1.29 is 13.9 Å². The Morgan fingerprint density at radius 1 is 1.09 bits per heavy atom. The van der Waals surface area contributed by atoms with E-state index in [2.05, 4.69) is 14.9 Å². The fourth-order valence-electron chi connectivity index (χ4n) is 4.76. The Morgan fingerprint density at radius 3 is 2.81 bits per heavy atom. The molecule has 0 saturated carbocycles. The number of oxazole rings is 1. The van der Waals surface area contributed by atoms with Crippen LogP contribution in [0.15, 0.2) is 47.1 Å². The maximum absolute atomic E-state index is 13.4. The topological polar surface area (TPSA) is 102 Å². The summed E-state index contributed by atoms with van der Waals surface area (Å²) in [5.41, 5.74) is 10.3. The van der Waals surface area contributed by atoms with Crippen molar-refractivity contribution in [3.8, 4) is 11.1 Å². The third kappa shape index (κ3) is 3.30. The van der Waals surface area contributed by atoms with E-state index in [1.807, 2.05) is 45.8 Å². The van der Waals surface area contributed by atoms with E-state index < -0.39 is 0 Å². The molecule has 3 aromatic heterocycles. The zero-order chi connectivity index (χ0) is 21.7. The number of hydrogen-bond donors (Lipinski definition) is 1. The second-order valence-electron chi connectivity index (χ2n) is 8.37. The van der Waals surface area contributed by atoms with Crippen LogP contribution in [0.5, 0.6) is 0 Å². The largest absolute Gasteiger partial charge is 0.424 e. The summed E-state index contributed by atoms with van der Waals surface area (Å²) >= 11 is 0. The molecule has 32 heavy (non-hydrogen) atoms. The predicted octanol–water partition coefficient (Wildman–Crippen LogP) is 2.27. The molecule has 2 N–H and O–H groups in total. The van der Waals surface area contributed by atoms with E-state index in [-0.39, 0.29) is 11.9 Å². The van der Waals surface area contributed by atoms with Crippen LogP contribution in [-0.2, 0) is 4.74 Å². The van der Waals surface area contributed by atoms with Crippen LogP contribution in [0.3, 0.4) is 0 Å².